The van der Waals surface area contributed by atoms with E-state index in [9.17, 15) is 0 Å². The Balaban J connectivity index is 1.62. The van der Waals surface area contributed by atoms with Crippen molar-refractivity contribution in [1.82, 2.24) is 10.6 Å². The maximum absolute atomic E-state index is 5.68. The summed E-state index contributed by atoms with van der Waals surface area (Å²) in [4.78, 5) is 4.38. The summed E-state index contributed by atoms with van der Waals surface area (Å²) in [6.45, 7) is 2.61. The molecule has 0 spiro atoms. The van der Waals surface area contributed by atoms with Crippen LogP contribution in [0.2, 0.25) is 0 Å². The van der Waals surface area contributed by atoms with Crippen LogP contribution in [0.5, 0.6) is 5.75 Å². The van der Waals surface area contributed by atoms with Crippen molar-refractivity contribution in [1.29, 1.82) is 0 Å². The van der Waals surface area contributed by atoms with Gasteiger partial charge in [-0.25, -0.2) is 0 Å². The fourth-order valence-corrected chi connectivity index (χ4v) is 4.06. The summed E-state index contributed by atoms with van der Waals surface area (Å²) in [6, 6.07) is 8.54. The van der Waals surface area contributed by atoms with Gasteiger partial charge in [0.2, 0.25) is 0 Å². The zero-order valence-electron chi connectivity index (χ0n) is 15.5. The maximum atomic E-state index is 5.68. The average Bonchev–Trinajstić information content (AvgIpc) is 3.34. The van der Waals surface area contributed by atoms with Gasteiger partial charge < -0.3 is 20.1 Å². The largest absolute Gasteiger partial charge is 0.497 e. The molecule has 5 heteroatoms. The Morgan fingerprint density at radius 1 is 1.28 bits per heavy atom. The Bertz CT molecular complexity index is 576. The zero-order valence-corrected chi connectivity index (χ0v) is 15.5. The summed E-state index contributed by atoms with van der Waals surface area (Å²) >= 11 is 0. The third-order valence-electron chi connectivity index (χ3n) is 5.58. The van der Waals surface area contributed by atoms with Crippen LogP contribution in [0.3, 0.4) is 0 Å². The molecule has 1 aromatic rings. The normalized spacial score (nSPS) is 22.8. The first-order chi connectivity index (χ1) is 12.3. The molecular weight excluding hydrogens is 314 g/mol. The van der Waals surface area contributed by atoms with E-state index < -0.39 is 0 Å². The van der Waals surface area contributed by atoms with Crippen LogP contribution in [0.1, 0.15) is 44.1 Å². The predicted octanol–water partition coefficient (Wildman–Crippen LogP) is 2.85. The van der Waals surface area contributed by atoms with Gasteiger partial charge in [-0.3, -0.25) is 4.99 Å². The maximum Gasteiger partial charge on any atom is 0.191 e. The molecule has 0 radical (unpaired) electrons. The van der Waals surface area contributed by atoms with Crippen LogP contribution in [0.25, 0.3) is 0 Å². The molecule has 3 rings (SSSR count). The van der Waals surface area contributed by atoms with Crippen molar-refractivity contribution in [3.05, 3.63) is 29.8 Å². The highest BCUT2D eigenvalue weighted by Crippen LogP contribution is 2.41. The number of hydrogen-bond donors (Lipinski definition) is 2. The number of guanidine groups is 1. The van der Waals surface area contributed by atoms with Gasteiger partial charge in [0.1, 0.15) is 5.75 Å². The Morgan fingerprint density at radius 3 is 2.80 bits per heavy atom. The monoisotopic (exact) mass is 345 g/mol. The molecule has 1 unspecified atom stereocenters. The summed E-state index contributed by atoms with van der Waals surface area (Å²) in [5.74, 6) is 1.80. The molecule has 0 bridgehead atoms. The molecule has 0 aromatic heterocycles. The lowest BCUT2D eigenvalue weighted by Crippen LogP contribution is -2.46. The number of methoxy groups -OCH3 is 1. The van der Waals surface area contributed by atoms with Gasteiger partial charge in [0, 0.05) is 32.2 Å². The average molecular weight is 345 g/mol. The lowest BCUT2D eigenvalue weighted by Gasteiger charge is -2.31. The summed E-state index contributed by atoms with van der Waals surface area (Å²) in [5.41, 5.74) is 1.53. The van der Waals surface area contributed by atoms with Crippen LogP contribution in [0.15, 0.2) is 29.3 Å². The van der Waals surface area contributed by atoms with Crippen molar-refractivity contribution < 1.29 is 9.47 Å². The standard InChI is InChI=1S/C20H31N3O2/c1-21-19(22-14-18-9-6-12-25-18)23-15-20(10-3-4-11-20)16-7-5-8-17(13-16)24-2/h5,7-8,13,18H,3-4,6,9-12,14-15H2,1-2H3,(H2,21,22,23). The summed E-state index contributed by atoms with van der Waals surface area (Å²) in [7, 11) is 3.56. The van der Waals surface area contributed by atoms with Crippen LogP contribution in [-0.2, 0) is 10.2 Å². The van der Waals surface area contributed by atoms with Crippen molar-refractivity contribution >= 4 is 5.96 Å². The molecule has 1 aromatic carbocycles. The first-order valence-corrected chi connectivity index (χ1v) is 9.46. The van der Waals surface area contributed by atoms with E-state index in [2.05, 4.69) is 33.8 Å². The number of nitrogens with zero attached hydrogens (tertiary/aromatic N) is 1. The van der Waals surface area contributed by atoms with Crippen LogP contribution >= 0.6 is 0 Å². The topological polar surface area (TPSA) is 54.9 Å². The number of benzene rings is 1. The second kappa shape index (κ2) is 8.56. The van der Waals surface area contributed by atoms with E-state index in [1.54, 1.807) is 7.11 Å². The smallest absolute Gasteiger partial charge is 0.191 e. The Morgan fingerprint density at radius 2 is 2.12 bits per heavy atom. The third-order valence-corrected chi connectivity index (χ3v) is 5.58. The van der Waals surface area contributed by atoms with Gasteiger partial charge in [-0.15, -0.1) is 0 Å². The third kappa shape index (κ3) is 4.46. The minimum Gasteiger partial charge on any atom is -0.497 e. The molecule has 1 atom stereocenters. The number of ether oxygens (including phenoxy) is 2. The quantitative estimate of drug-likeness (QED) is 0.615. The van der Waals surface area contributed by atoms with E-state index in [0.717, 1.165) is 44.2 Å². The van der Waals surface area contributed by atoms with Gasteiger partial charge in [-0.05, 0) is 43.4 Å². The molecule has 2 N–H and O–H groups in total. The van der Waals surface area contributed by atoms with Gasteiger partial charge in [0.05, 0.1) is 13.2 Å². The van der Waals surface area contributed by atoms with Crippen LogP contribution in [0.4, 0.5) is 0 Å². The highest BCUT2D eigenvalue weighted by molar-refractivity contribution is 5.79. The molecule has 1 aliphatic carbocycles. The van der Waals surface area contributed by atoms with E-state index in [0.29, 0.717) is 6.10 Å². The second-order valence-corrected chi connectivity index (χ2v) is 7.16. The number of nitrogens with one attached hydrogen (secondary N) is 2. The van der Waals surface area contributed by atoms with Crippen molar-refractivity contribution in [3.63, 3.8) is 0 Å². The number of hydrogen-bond acceptors (Lipinski definition) is 3. The molecule has 1 saturated heterocycles. The van der Waals surface area contributed by atoms with Crippen LogP contribution in [0, 0.1) is 0 Å². The minimum absolute atomic E-state index is 0.163. The van der Waals surface area contributed by atoms with E-state index in [4.69, 9.17) is 9.47 Å². The fraction of sp³-hybridized carbons (Fsp3) is 0.650. The van der Waals surface area contributed by atoms with Gasteiger partial charge in [-0.2, -0.15) is 0 Å². The molecule has 1 aliphatic heterocycles. The van der Waals surface area contributed by atoms with Gasteiger partial charge in [0.15, 0.2) is 5.96 Å². The van der Waals surface area contributed by atoms with Crippen molar-refractivity contribution in [2.24, 2.45) is 4.99 Å². The Labute approximate surface area is 151 Å². The highest BCUT2D eigenvalue weighted by atomic mass is 16.5. The molecule has 1 saturated carbocycles. The molecule has 2 aliphatic rings. The number of rotatable bonds is 6. The van der Waals surface area contributed by atoms with Crippen molar-refractivity contribution in [2.45, 2.75) is 50.0 Å². The number of aliphatic imine (C=N–C) groups is 1. The highest BCUT2D eigenvalue weighted by Gasteiger charge is 2.36. The lowest BCUT2D eigenvalue weighted by atomic mass is 9.78. The molecule has 1 heterocycles. The Kier molecular flexibility index (Phi) is 6.19. The van der Waals surface area contributed by atoms with E-state index in [-0.39, 0.29) is 5.41 Å². The molecule has 0 amide bonds. The first-order valence-electron chi connectivity index (χ1n) is 9.46. The summed E-state index contributed by atoms with van der Waals surface area (Å²) in [6.07, 6.45) is 7.58. The molecular formula is C20H31N3O2. The van der Waals surface area contributed by atoms with E-state index in [1.165, 1.54) is 31.2 Å². The molecule has 2 fully saturated rings. The predicted molar refractivity (Wildman–Crippen MR) is 101 cm³/mol. The second-order valence-electron chi connectivity index (χ2n) is 7.16. The van der Waals surface area contributed by atoms with E-state index in [1.807, 2.05) is 13.1 Å². The van der Waals surface area contributed by atoms with Gasteiger partial charge in [0.25, 0.3) is 0 Å². The van der Waals surface area contributed by atoms with Gasteiger partial charge >= 0.3 is 0 Å². The van der Waals surface area contributed by atoms with Crippen molar-refractivity contribution in [2.75, 3.05) is 33.9 Å². The molecule has 25 heavy (non-hydrogen) atoms. The Hall–Kier alpha value is -1.75. The van der Waals surface area contributed by atoms with Gasteiger partial charge in [-0.1, -0.05) is 25.0 Å². The molecule has 5 nitrogen and oxygen atoms in total. The zero-order chi connectivity index (χ0) is 17.5. The summed E-state index contributed by atoms with van der Waals surface area (Å²) < 4.78 is 11.1. The molecule has 138 valence electrons. The van der Waals surface area contributed by atoms with Crippen LogP contribution < -0.4 is 15.4 Å². The minimum atomic E-state index is 0.163. The lowest BCUT2D eigenvalue weighted by molar-refractivity contribution is 0.113. The van der Waals surface area contributed by atoms with Crippen LogP contribution in [-0.4, -0.2) is 45.9 Å². The van der Waals surface area contributed by atoms with E-state index >= 15 is 0 Å². The fourth-order valence-electron chi connectivity index (χ4n) is 4.06. The first kappa shape index (κ1) is 18.1. The summed E-state index contributed by atoms with van der Waals surface area (Å²) in [5, 5.41) is 6.97. The SMILES string of the molecule is CN=C(NCC1CCCO1)NCC1(c2cccc(OC)c2)CCCC1. The van der Waals surface area contributed by atoms with Crippen molar-refractivity contribution in [3.8, 4) is 5.75 Å².